The highest BCUT2D eigenvalue weighted by Crippen LogP contribution is 2.25. The molecule has 1 fully saturated rings. The summed E-state index contributed by atoms with van der Waals surface area (Å²) in [6.07, 6.45) is 1.15. The van der Waals surface area contributed by atoms with Crippen LogP contribution < -0.4 is 9.46 Å². The molecule has 3 aromatic carbocycles. The van der Waals surface area contributed by atoms with Gasteiger partial charge in [-0.15, -0.1) is 0 Å². The van der Waals surface area contributed by atoms with Crippen molar-refractivity contribution >= 4 is 26.7 Å². The molecule has 0 spiro atoms. The van der Waals surface area contributed by atoms with Gasteiger partial charge in [0.05, 0.1) is 4.90 Å². The number of sulfonamides is 1. The minimum absolute atomic E-state index is 0.0333. The number of carbonyl (C=O) groups excluding carboxylic acids is 1. The molecule has 3 aromatic rings. The third kappa shape index (κ3) is 4.63. The van der Waals surface area contributed by atoms with Crippen LogP contribution in [0.3, 0.4) is 0 Å². The summed E-state index contributed by atoms with van der Waals surface area (Å²) < 4.78 is 33.5. The Labute approximate surface area is 176 Å². The minimum Gasteiger partial charge on any atom is -0.483 e. The van der Waals surface area contributed by atoms with Crippen LogP contribution in [0.15, 0.2) is 77.7 Å². The summed E-state index contributed by atoms with van der Waals surface area (Å²) in [5.74, 6) is 0.597. The third-order valence-electron chi connectivity index (χ3n) is 5.32. The zero-order valence-corrected chi connectivity index (χ0v) is 17.3. The Morgan fingerprint density at radius 3 is 2.37 bits per heavy atom. The molecule has 1 heterocycles. The molecule has 0 unspecified atom stereocenters. The molecule has 156 valence electrons. The van der Waals surface area contributed by atoms with E-state index in [1.165, 1.54) is 0 Å². The Hall–Kier alpha value is -2.90. The van der Waals surface area contributed by atoms with Crippen molar-refractivity contribution in [2.75, 3.05) is 19.7 Å². The summed E-state index contributed by atoms with van der Waals surface area (Å²) in [6, 6.07) is 21.8. The average Bonchev–Trinajstić information content (AvgIpc) is 2.78. The maximum atomic E-state index is 12.6. The van der Waals surface area contributed by atoms with E-state index in [9.17, 15) is 13.2 Å². The average molecular weight is 425 g/mol. The van der Waals surface area contributed by atoms with Crippen LogP contribution in [-0.2, 0) is 14.8 Å². The van der Waals surface area contributed by atoms with Crippen molar-refractivity contribution in [3.05, 3.63) is 72.8 Å². The number of piperidine rings is 1. The highest BCUT2D eigenvalue weighted by Gasteiger charge is 2.26. The van der Waals surface area contributed by atoms with Gasteiger partial charge in [0, 0.05) is 24.5 Å². The highest BCUT2D eigenvalue weighted by molar-refractivity contribution is 7.89. The predicted molar refractivity (Wildman–Crippen MR) is 116 cm³/mol. The number of likely N-dealkylation sites (tertiary alicyclic amines) is 1. The molecule has 1 N–H and O–H groups in total. The van der Waals surface area contributed by atoms with Crippen LogP contribution in [0.5, 0.6) is 5.75 Å². The fraction of sp³-hybridized carbons (Fsp3) is 0.261. The quantitative estimate of drug-likeness (QED) is 0.659. The summed E-state index contributed by atoms with van der Waals surface area (Å²) in [4.78, 5) is 14.6. The van der Waals surface area contributed by atoms with Crippen LogP contribution in [0, 0.1) is 0 Å². The van der Waals surface area contributed by atoms with Crippen LogP contribution in [0.2, 0.25) is 0 Å². The van der Waals surface area contributed by atoms with Crippen molar-refractivity contribution in [2.45, 2.75) is 23.8 Å². The van der Waals surface area contributed by atoms with E-state index in [1.54, 1.807) is 35.2 Å². The molecule has 6 nitrogen and oxygen atoms in total. The van der Waals surface area contributed by atoms with Crippen molar-refractivity contribution in [3.63, 3.8) is 0 Å². The van der Waals surface area contributed by atoms with Crippen molar-refractivity contribution in [3.8, 4) is 5.75 Å². The Bertz CT molecular complexity index is 1120. The summed E-state index contributed by atoms with van der Waals surface area (Å²) in [5.41, 5.74) is 0. The van der Waals surface area contributed by atoms with E-state index < -0.39 is 10.0 Å². The lowest BCUT2D eigenvalue weighted by atomic mass is 10.1. The Morgan fingerprint density at radius 1 is 0.933 bits per heavy atom. The van der Waals surface area contributed by atoms with Gasteiger partial charge in [-0.25, -0.2) is 13.1 Å². The molecule has 7 heteroatoms. The van der Waals surface area contributed by atoms with E-state index in [2.05, 4.69) is 4.72 Å². The number of hydrogen-bond donors (Lipinski definition) is 1. The number of nitrogens with zero attached hydrogens (tertiary/aromatic N) is 1. The van der Waals surface area contributed by atoms with Crippen molar-refractivity contribution < 1.29 is 17.9 Å². The summed E-state index contributed by atoms with van der Waals surface area (Å²) >= 11 is 0. The van der Waals surface area contributed by atoms with E-state index in [0.29, 0.717) is 31.7 Å². The van der Waals surface area contributed by atoms with Crippen molar-refractivity contribution in [1.82, 2.24) is 9.62 Å². The largest absolute Gasteiger partial charge is 0.483 e. The fourth-order valence-electron chi connectivity index (χ4n) is 3.69. The Morgan fingerprint density at radius 2 is 1.60 bits per heavy atom. The fourth-order valence-corrected chi connectivity index (χ4v) is 5.01. The summed E-state index contributed by atoms with van der Waals surface area (Å²) in [5, 5.41) is 2.04. The number of rotatable bonds is 6. The molecule has 0 bridgehead atoms. The van der Waals surface area contributed by atoms with E-state index in [4.69, 9.17) is 4.74 Å². The minimum atomic E-state index is -3.54. The molecule has 0 radical (unpaired) electrons. The topological polar surface area (TPSA) is 75.7 Å². The SMILES string of the molecule is O=C(COc1cccc2ccccc12)N1CCC(NS(=O)(=O)c2ccccc2)CC1. The first-order chi connectivity index (χ1) is 14.5. The molecule has 1 aliphatic heterocycles. The summed E-state index contributed by atoms with van der Waals surface area (Å²) in [6.45, 7) is 0.966. The van der Waals surface area contributed by atoms with E-state index in [1.807, 2.05) is 42.5 Å². The van der Waals surface area contributed by atoms with E-state index in [-0.39, 0.29) is 23.5 Å². The molecular weight excluding hydrogens is 400 g/mol. The maximum Gasteiger partial charge on any atom is 0.260 e. The second kappa shape index (κ2) is 8.85. The molecule has 1 saturated heterocycles. The smallest absolute Gasteiger partial charge is 0.260 e. The van der Waals surface area contributed by atoms with Crippen molar-refractivity contribution in [2.24, 2.45) is 0 Å². The van der Waals surface area contributed by atoms with Gasteiger partial charge >= 0.3 is 0 Å². The Balaban J connectivity index is 1.30. The first kappa shape index (κ1) is 20.4. The Kier molecular flexibility index (Phi) is 6.01. The standard InChI is InChI=1S/C23H24N2O4S/c26-23(17-29-22-12-6-8-18-7-4-5-11-21(18)22)25-15-13-19(14-16-25)24-30(27,28)20-9-2-1-3-10-20/h1-12,19,24H,13-17H2. The first-order valence-electron chi connectivity index (χ1n) is 9.99. The van der Waals surface area contributed by atoms with E-state index >= 15 is 0 Å². The van der Waals surface area contributed by atoms with Gasteiger partial charge in [0.1, 0.15) is 5.75 Å². The van der Waals surface area contributed by atoms with Crippen LogP contribution in [0.4, 0.5) is 0 Å². The maximum absolute atomic E-state index is 12.6. The molecule has 1 amide bonds. The summed E-state index contributed by atoms with van der Waals surface area (Å²) in [7, 11) is -3.54. The second-order valence-electron chi connectivity index (χ2n) is 7.36. The van der Waals surface area contributed by atoms with Gasteiger partial charge in [-0.2, -0.15) is 0 Å². The number of nitrogens with one attached hydrogen (secondary N) is 1. The molecule has 0 saturated carbocycles. The number of amides is 1. The molecule has 4 rings (SSSR count). The van der Waals surface area contributed by atoms with Crippen LogP contribution in [0.25, 0.3) is 10.8 Å². The van der Waals surface area contributed by atoms with Gasteiger partial charge < -0.3 is 9.64 Å². The van der Waals surface area contributed by atoms with Gasteiger partial charge in [0.15, 0.2) is 6.61 Å². The predicted octanol–water partition coefficient (Wildman–Crippen LogP) is 3.19. The number of benzene rings is 3. The van der Waals surface area contributed by atoms with Gasteiger partial charge in [0.25, 0.3) is 5.91 Å². The van der Waals surface area contributed by atoms with Gasteiger partial charge in [-0.05, 0) is 36.4 Å². The molecule has 0 aliphatic carbocycles. The van der Waals surface area contributed by atoms with Crippen LogP contribution in [0.1, 0.15) is 12.8 Å². The number of carbonyl (C=O) groups is 1. The van der Waals surface area contributed by atoms with Crippen LogP contribution >= 0.6 is 0 Å². The monoisotopic (exact) mass is 424 g/mol. The molecule has 1 aliphatic rings. The van der Waals surface area contributed by atoms with Gasteiger partial charge in [-0.1, -0.05) is 54.6 Å². The van der Waals surface area contributed by atoms with Gasteiger partial charge in [-0.3, -0.25) is 4.79 Å². The lowest BCUT2D eigenvalue weighted by Gasteiger charge is -2.32. The molecule has 0 aromatic heterocycles. The van der Waals surface area contributed by atoms with Crippen molar-refractivity contribution in [1.29, 1.82) is 0 Å². The zero-order valence-electron chi connectivity index (χ0n) is 16.5. The molecule has 30 heavy (non-hydrogen) atoms. The normalized spacial score (nSPS) is 15.3. The molecule has 0 atom stereocenters. The van der Waals surface area contributed by atoms with E-state index in [0.717, 1.165) is 10.8 Å². The number of hydrogen-bond acceptors (Lipinski definition) is 4. The second-order valence-corrected chi connectivity index (χ2v) is 9.07. The first-order valence-corrected chi connectivity index (χ1v) is 11.5. The number of ether oxygens (including phenoxy) is 1. The lowest BCUT2D eigenvalue weighted by Crippen LogP contribution is -2.47. The third-order valence-corrected chi connectivity index (χ3v) is 6.86. The van der Waals surface area contributed by atoms with Crippen LogP contribution in [-0.4, -0.2) is 45.0 Å². The lowest BCUT2D eigenvalue weighted by molar-refractivity contribution is -0.134. The zero-order chi connectivity index (χ0) is 21.0. The van der Waals surface area contributed by atoms with Gasteiger partial charge in [0.2, 0.25) is 10.0 Å². The highest BCUT2D eigenvalue weighted by atomic mass is 32.2. The number of fused-ring (bicyclic) bond motifs is 1. The molecular formula is C23H24N2O4S.